The first kappa shape index (κ1) is 12.2. The molecule has 0 aromatic carbocycles. The van der Waals surface area contributed by atoms with E-state index in [0.29, 0.717) is 12.1 Å². The van der Waals surface area contributed by atoms with Crippen molar-refractivity contribution < 1.29 is 0 Å². The van der Waals surface area contributed by atoms with Gasteiger partial charge in [-0.05, 0) is 38.0 Å². The van der Waals surface area contributed by atoms with Gasteiger partial charge in [0.05, 0.1) is 6.33 Å². The number of rotatable bonds is 3. The molecule has 2 aliphatic rings. The highest BCUT2D eigenvalue weighted by Gasteiger charge is 2.32. The molecule has 3 nitrogen and oxygen atoms in total. The molecule has 2 aliphatic carbocycles. The molecule has 1 aromatic heterocycles. The number of hydrogen-bond donors (Lipinski definition) is 1. The Labute approximate surface area is 110 Å². The second kappa shape index (κ2) is 5.43. The maximum Gasteiger partial charge on any atom is 0.0949 e. The molecule has 0 saturated heterocycles. The predicted molar refractivity (Wildman–Crippen MR) is 73.5 cm³/mol. The summed E-state index contributed by atoms with van der Waals surface area (Å²) in [6.45, 7) is 2.41. The molecular weight excluding hydrogens is 222 g/mol. The lowest BCUT2D eigenvalue weighted by molar-refractivity contribution is 0.239. The van der Waals surface area contributed by atoms with Crippen LogP contribution in [-0.4, -0.2) is 21.6 Å². The van der Waals surface area contributed by atoms with E-state index in [1.807, 2.05) is 12.5 Å². The molecule has 0 spiro atoms. The molecular formula is C15H25N3. The standard InChI is InChI=1S/C15H25N3/c1-12-5-2-3-6-13(12)17-14-7-4-8-15(14)18-10-9-16-11-18/h9-15,17H,2-8H2,1H3. The van der Waals surface area contributed by atoms with Crippen LogP contribution in [-0.2, 0) is 0 Å². The normalized spacial score (nSPS) is 36.9. The van der Waals surface area contributed by atoms with Crippen LogP contribution in [0.4, 0.5) is 0 Å². The van der Waals surface area contributed by atoms with Crippen LogP contribution in [0, 0.1) is 5.92 Å². The van der Waals surface area contributed by atoms with Crippen LogP contribution in [0.3, 0.4) is 0 Å². The molecule has 3 heteroatoms. The third-order valence-corrected chi connectivity index (χ3v) is 4.93. The van der Waals surface area contributed by atoms with E-state index in [9.17, 15) is 0 Å². The lowest BCUT2D eigenvalue weighted by Crippen LogP contribution is -2.45. The molecule has 0 aliphatic heterocycles. The zero-order valence-electron chi connectivity index (χ0n) is 11.4. The highest BCUT2D eigenvalue weighted by molar-refractivity contribution is 4.94. The van der Waals surface area contributed by atoms with Gasteiger partial charge in [-0.1, -0.05) is 19.8 Å². The van der Waals surface area contributed by atoms with Gasteiger partial charge in [0.1, 0.15) is 0 Å². The average Bonchev–Trinajstić information content (AvgIpc) is 3.02. The first-order chi connectivity index (χ1) is 8.84. The van der Waals surface area contributed by atoms with Crippen LogP contribution >= 0.6 is 0 Å². The van der Waals surface area contributed by atoms with Crippen molar-refractivity contribution in [3.8, 4) is 0 Å². The molecule has 3 rings (SSSR count). The number of imidazole rings is 1. The summed E-state index contributed by atoms with van der Waals surface area (Å²) in [5.41, 5.74) is 0. The maximum atomic E-state index is 4.20. The summed E-state index contributed by atoms with van der Waals surface area (Å²) < 4.78 is 2.30. The zero-order valence-corrected chi connectivity index (χ0v) is 11.4. The van der Waals surface area contributed by atoms with E-state index in [1.165, 1.54) is 44.9 Å². The molecule has 0 amide bonds. The fourth-order valence-electron chi connectivity index (χ4n) is 3.80. The number of hydrogen-bond acceptors (Lipinski definition) is 2. The summed E-state index contributed by atoms with van der Waals surface area (Å²) in [6.07, 6.45) is 15.6. The fourth-order valence-corrected chi connectivity index (χ4v) is 3.80. The van der Waals surface area contributed by atoms with Crippen molar-refractivity contribution in [2.24, 2.45) is 5.92 Å². The molecule has 1 aromatic rings. The largest absolute Gasteiger partial charge is 0.333 e. The Morgan fingerprint density at radius 3 is 2.67 bits per heavy atom. The van der Waals surface area contributed by atoms with Gasteiger partial charge in [-0.25, -0.2) is 4.98 Å². The second-order valence-electron chi connectivity index (χ2n) is 6.15. The van der Waals surface area contributed by atoms with Crippen LogP contribution in [0.5, 0.6) is 0 Å². The smallest absolute Gasteiger partial charge is 0.0949 e. The van der Waals surface area contributed by atoms with Crippen molar-refractivity contribution in [3.05, 3.63) is 18.7 Å². The molecule has 100 valence electrons. The van der Waals surface area contributed by atoms with E-state index in [2.05, 4.69) is 28.0 Å². The van der Waals surface area contributed by atoms with Gasteiger partial charge in [-0.2, -0.15) is 0 Å². The Hall–Kier alpha value is -0.830. The Kier molecular flexibility index (Phi) is 3.69. The number of aromatic nitrogens is 2. The van der Waals surface area contributed by atoms with Gasteiger partial charge in [0, 0.05) is 30.5 Å². The van der Waals surface area contributed by atoms with Gasteiger partial charge in [-0.3, -0.25) is 0 Å². The Bertz CT molecular complexity index is 360. The highest BCUT2D eigenvalue weighted by atomic mass is 15.1. The van der Waals surface area contributed by atoms with E-state index >= 15 is 0 Å². The first-order valence-electron chi connectivity index (χ1n) is 7.58. The molecule has 4 unspecified atom stereocenters. The summed E-state index contributed by atoms with van der Waals surface area (Å²) >= 11 is 0. The average molecular weight is 247 g/mol. The van der Waals surface area contributed by atoms with Crippen molar-refractivity contribution in [1.29, 1.82) is 0 Å². The van der Waals surface area contributed by atoms with Crippen LogP contribution in [0.2, 0.25) is 0 Å². The molecule has 0 bridgehead atoms. The lowest BCUT2D eigenvalue weighted by atomic mass is 9.85. The van der Waals surface area contributed by atoms with E-state index in [1.54, 1.807) is 0 Å². The molecule has 0 radical (unpaired) electrons. The quantitative estimate of drug-likeness (QED) is 0.889. The van der Waals surface area contributed by atoms with Gasteiger partial charge >= 0.3 is 0 Å². The molecule has 18 heavy (non-hydrogen) atoms. The van der Waals surface area contributed by atoms with Gasteiger partial charge in [0.15, 0.2) is 0 Å². The Balaban J connectivity index is 1.64. The van der Waals surface area contributed by atoms with Crippen molar-refractivity contribution in [2.45, 2.75) is 70.0 Å². The lowest BCUT2D eigenvalue weighted by Gasteiger charge is -2.34. The Morgan fingerprint density at radius 1 is 1.06 bits per heavy atom. The second-order valence-corrected chi connectivity index (χ2v) is 6.15. The summed E-state index contributed by atoms with van der Waals surface area (Å²) in [4.78, 5) is 4.20. The monoisotopic (exact) mass is 247 g/mol. The summed E-state index contributed by atoms with van der Waals surface area (Å²) in [5.74, 6) is 0.850. The van der Waals surface area contributed by atoms with Crippen LogP contribution in [0.1, 0.15) is 57.9 Å². The fraction of sp³-hybridized carbons (Fsp3) is 0.800. The number of nitrogens with one attached hydrogen (secondary N) is 1. The minimum absolute atomic E-state index is 0.627. The topological polar surface area (TPSA) is 29.9 Å². The maximum absolute atomic E-state index is 4.20. The van der Waals surface area contributed by atoms with Gasteiger partial charge in [0.2, 0.25) is 0 Å². The Morgan fingerprint density at radius 2 is 1.89 bits per heavy atom. The highest BCUT2D eigenvalue weighted by Crippen LogP contribution is 2.32. The molecule has 1 N–H and O–H groups in total. The van der Waals surface area contributed by atoms with Gasteiger partial charge < -0.3 is 9.88 Å². The van der Waals surface area contributed by atoms with Crippen LogP contribution in [0.25, 0.3) is 0 Å². The van der Waals surface area contributed by atoms with Crippen molar-refractivity contribution in [2.75, 3.05) is 0 Å². The molecule has 2 fully saturated rings. The van der Waals surface area contributed by atoms with Crippen molar-refractivity contribution in [3.63, 3.8) is 0 Å². The van der Waals surface area contributed by atoms with Gasteiger partial charge in [-0.15, -0.1) is 0 Å². The van der Waals surface area contributed by atoms with E-state index < -0.39 is 0 Å². The van der Waals surface area contributed by atoms with Crippen LogP contribution in [0.15, 0.2) is 18.7 Å². The third-order valence-electron chi connectivity index (χ3n) is 4.93. The summed E-state index contributed by atoms with van der Waals surface area (Å²) in [5, 5.41) is 3.96. The zero-order chi connectivity index (χ0) is 12.4. The summed E-state index contributed by atoms with van der Waals surface area (Å²) in [6, 6.07) is 2.03. The minimum atomic E-state index is 0.627. The molecule has 1 heterocycles. The molecule has 4 atom stereocenters. The SMILES string of the molecule is CC1CCCCC1NC1CCCC1n1ccnc1. The minimum Gasteiger partial charge on any atom is -0.333 e. The van der Waals surface area contributed by atoms with Crippen molar-refractivity contribution >= 4 is 0 Å². The van der Waals surface area contributed by atoms with E-state index in [-0.39, 0.29) is 0 Å². The van der Waals surface area contributed by atoms with Gasteiger partial charge in [0.25, 0.3) is 0 Å². The van der Waals surface area contributed by atoms with Crippen LogP contribution < -0.4 is 5.32 Å². The summed E-state index contributed by atoms with van der Waals surface area (Å²) in [7, 11) is 0. The third kappa shape index (κ3) is 2.46. The molecule has 2 saturated carbocycles. The number of nitrogens with zero attached hydrogens (tertiary/aromatic N) is 2. The first-order valence-corrected chi connectivity index (χ1v) is 7.58. The van der Waals surface area contributed by atoms with E-state index in [0.717, 1.165) is 12.0 Å². The van der Waals surface area contributed by atoms with E-state index in [4.69, 9.17) is 0 Å². The predicted octanol–water partition coefficient (Wildman–Crippen LogP) is 3.15. The van der Waals surface area contributed by atoms with Crippen molar-refractivity contribution in [1.82, 2.24) is 14.9 Å².